The average Bonchev–Trinajstić information content (AvgIpc) is 1.85. The summed E-state index contributed by atoms with van der Waals surface area (Å²) >= 11 is 3.66. The minimum absolute atomic E-state index is 0.686. The quantitative estimate of drug-likeness (QED) is 0.507. The van der Waals surface area contributed by atoms with Crippen molar-refractivity contribution in [2.75, 3.05) is 19.6 Å². The summed E-state index contributed by atoms with van der Waals surface area (Å²) in [6.45, 7) is 9.50. The molecule has 1 rings (SSSR count). The van der Waals surface area contributed by atoms with E-state index in [-0.39, 0.29) is 0 Å². The van der Waals surface area contributed by atoms with E-state index in [1.54, 1.807) is 0 Å². The van der Waals surface area contributed by atoms with Crippen molar-refractivity contribution in [2.45, 2.75) is 18.2 Å². The Bertz CT molecular complexity index is 126. The fourth-order valence-corrected chi connectivity index (χ4v) is 2.76. The lowest BCUT2D eigenvalue weighted by molar-refractivity contribution is 0.209. The summed E-state index contributed by atoms with van der Waals surface area (Å²) in [4.78, 5) is 3.13. The summed E-state index contributed by atoms with van der Waals surface area (Å²) in [5, 5.41) is 0. The van der Waals surface area contributed by atoms with Gasteiger partial charge in [0.1, 0.15) is 0 Å². The molecule has 0 radical (unpaired) electrons. The van der Waals surface area contributed by atoms with Gasteiger partial charge in [-0.3, -0.25) is 4.90 Å². The van der Waals surface area contributed by atoms with E-state index in [1.165, 1.54) is 19.5 Å². The highest BCUT2D eigenvalue weighted by molar-refractivity contribution is 9.09. The maximum absolute atomic E-state index is 3.75. The standard InChI is InChI=1S/C9H16BrN/c1-3-4-11-6-8(2)5-9(10)7-11/h3,8-9H,1,4-7H2,2H3. The summed E-state index contributed by atoms with van der Waals surface area (Å²) in [6.07, 6.45) is 3.30. The number of nitrogens with zero attached hydrogens (tertiary/aromatic N) is 1. The monoisotopic (exact) mass is 217 g/mol. The van der Waals surface area contributed by atoms with Crippen LogP contribution < -0.4 is 0 Å². The van der Waals surface area contributed by atoms with E-state index in [2.05, 4.69) is 34.3 Å². The first-order valence-electron chi connectivity index (χ1n) is 4.19. The number of alkyl halides is 1. The van der Waals surface area contributed by atoms with E-state index in [0.29, 0.717) is 4.83 Å². The van der Waals surface area contributed by atoms with Crippen LogP contribution in [0.25, 0.3) is 0 Å². The molecule has 0 aromatic carbocycles. The van der Waals surface area contributed by atoms with Crippen LogP contribution in [0.5, 0.6) is 0 Å². The Morgan fingerprint density at radius 2 is 2.36 bits per heavy atom. The van der Waals surface area contributed by atoms with Gasteiger partial charge in [-0.25, -0.2) is 0 Å². The SMILES string of the molecule is C=CCN1CC(C)CC(Br)C1. The zero-order chi connectivity index (χ0) is 8.27. The second kappa shape index (κ2) is 4.27. The average molecular weight is 218 g/mol. The van der Waals surface area contributed by atoms with Crippen molar-refractivity contribution in [3.8, 4) is 0 Å². The molecule has 64 valence electrons. The highest BCUT2D eigenvalue weighted by Gasteiger charge is 2.21. The molecular formula is C9H16BrN. The molecule has 1 heterocycles. The fourth-order valence-electron chi connectivity index (χ4n) is 1.71. The van der Waals surface area contributed by atoms with Crippen molar-refractivity contribution in [2.24, 2.45) is 5.92 Å². The smallest absolute Gasteiger partial charge is 0.0276 e. The molecule has 2 unspecified atom stereocenters. The maximum Gasteiger partial charge on any atom is 0.0276 e. The highest BCUT2D eigenvalue weighted by Crippen LogP contribution is 2.21. The van der Waals surface area contributed by atoms with Gasteiger partial charge in [0, 0.05) is 24.5 Å². The Labute approximate surface area is 77.6 Å². The third-order valence-electron chi connectivity index (χ3n) is 2.07. The Kier molecular flexibility index (Phi) is 3.60. The van der Waals surface area contributed by atoms with Gasteiger partial charge in [-0.15, -0.1) is 6.58 Å². The van der Waals surface area contributed by atoms with Crippen LogP contribution in [0.2, 0.25) is 0 Å². The van der Waals surface area contributed by atoms with E-state index in [1.807, 2.05) is 6.08 Å². The van der Waals surface area contributed by atoms with Gasteiger partial charge in [-0.05, 0) is 12.3 Å². The molecule has 2 heteroatoms. The largest absolute Gasteiger partial charge is 0.298 e. The first-order valence-corrected chi connectivity index (χ1v) is 5.11. The minimum atomic E-state index is 0.686. The number of rotatable bonds is 2. The zero-order valence-corrected chi connectivity index (χ0v) is 8.68. The molecule has 0 aromatic heterocycles. The third-order valence-corrected chi connectivity index (χ3v) is 2.73. The van der Waals surface area contributed by atoms with Crippen LogP contribution in [0.1, 0.15) is 13.3 Å². The molecule has 2 atom stereocenters. The first kappa shape index (κ1) is 9.27. The summed E-state index contributed by atoms with van der Waals surface area (Å²) in [7, 11) is 0. The molecule has 1 aliphatic rings. The molecule has 0 amide bonds. The van der Waals surface area contributed by atoms with Gasteiger partial charge in [-0.1, -0.05) is 28.9 Å². The van der Waals surface area contributed by atoms with Crippen molar-refractivity contribution in [3.63, 3.8) is 0 Å². The lowest BCUT2D eigenvalue weighted by Crippen LogP contribution is -2.39. The van der Waals surface area contributed by atoms with Crippen molar-refractivity contribution < 1.29 is 0 Å². The Morgan fingerprint density at radius 3 is 2.91 bits per heavy atom. The summed E-state index contributed by atoms with van der Waals surface area (Å²) in [5.74, 6) is 0.827. The van der Waals surface area contributed by atoms with Gasteiger partial charge in [0.05, 0.1) is 0 Å². The summed E-state index contributed by atoms with van der Waals surface area (Å²) in [6, 6.07) is 0. The van der Waals surface area contributed by atoms with Gasteiger partial charge in [-0.2, -0.15) is 0 Å². The molecule has 0 N–H and O–H groups in total. The topological polar surface area (TPSA) is 3.24 Å². The molecule has 0 saturated carbocycles. The molecular weight excluding hydrogens is 202 g/mol. The van der Waals surface area contributed by atoms with Gasteiger partial charge < -0.3 is 0 Å². The van der Waals surface area contributed by atoms with Crippen LogP contribution >= 0.6 is 15.9 Å². The third kappa shape index (κ3) is 2.96. The van der Waals surface area contributed by atoms with Crippen LogP contribution in [-0.2, 0) is 0 Å². The number of piperidine rings is 1. The second-order valence-electron chi connectivity index (χ2n) is 3.45. The number of hydrogen-bond donors (Lipinski definition) is 0. The Balaban J connectivity index is 2.36. The molecule has 1 saturated heterocycles. The molecule has 0 bridgehead atoms. The predicted molar refractivity (Wildman–Crippen MR) is 53.1 cm³/mol. The van der Waals surface area contributed by atoms with Crippen molar-refractivity contribution in [1.29, 1.82) is 0 Å². The fraction of sp³-hybridized carbons (Fsp3) is 0.778. The number of likely N-dealkylation sites (tertiary alicyclic amines) is 1. The lowest BCUT2D eigenvalue weighted by Gasteiger charge is -2.33. The molecule has 11 heavy (non-hydrogen) atoms. The predicted octanol–water partition coefficient (Wildman–Crippen LogP) is 2.28. The molecule has 1 fully saturated rings. The van der Waals surface area contributed by atoms with Gasteiger partial charge in [0.25, 0.3) is 0 Å². The van der Waals surface area contributed by atoms with E-state index in [9.17, 15) is 0 Å². The summed E-state index contributed by atoms with van der Waals surface area (Å²) in [5.41, 5.74) is 0. The molecule has 1 aliphatic heterocycles. The second-order valence-corrected chi connectivity index (χ2v) is 4.74. The van der Waals surface area contributed by atoms with Crippen LogP contribution in [0.3, 0.4) is 0 Å². The lowest BCUT2D eigenvalue weighted by atomic mass is 10.0. The number of hydrogen-bond acceptors (Lipinski definition) is 1. The van der Waals surface area contributed by atoms with Crippen LogP contribution in [0.15, 0.2) is 12.7 Å². The summed E-state index contributed by atoms with van der Waals surface area (Å²) < 4.78 is 0. The first-order chi connectivity index (χ1) is 5.22. The Morgan fingerprint density at radius 1 is 1.64 bits per heavy atom. The van der Waals surface area contributed by atoms with Gasteiger partial charge >= 0.3 is 0 Å². The Hall–Kier alpha value is 0.180. The van der Waals surface area contributed by atoms with E-state index in [0.717, 1.165) is 12.5 Å². The normalized spacial score (nSPS) is 33.6. The van der Waals surface area contributed by atoms with Crippen molar-refractivity contribution >= 4 is 15.9 Å². The molecule has 1 nitrogen and oxygen atoms in total. The van der Waals surface area contributed by atoms with Crippen LogP contribution in [-0.4, -0.2) is 29.4 Å². The highest BCUT2D eigenvalue weighted by atomic mass is 79.9. The van der Waals surface area contributed by atoms with Gasteiger partial charge in [0.15, 0.2) is 0 Å². The zero-order valence-electron chi connectivity index (χ0n) is 7.09. The van der Waals surface area contributed by atoms with E-state index in [4.69, 9.17) is 0 Å². The van der Waals surface area contributed by atoms with E-state index >= 15 is 0 Å². The van der Waals surface area contributed by atoms with Crippen molar-refractivity contribution in [1.82, 2.24) is 4.90 Å². The maximum atomic E-state index is 3.75. The minimum Gasteiger partial charge on any atom is -0.298 e. The molecule has 0 aromatic rings. The van der Waals surface area contributed by atoms with E-state index < -0.39 is 0 Å². The van der Waals surface area contributed by atoms with Crippen molar-refractivity contribution in [3.05, 3.63) is 12.7 Å². The van der Waals surface area contributed by atoms with Crippen LogP contribution in [0, 0.1) is 5.92 Å². The van der Waals surface area contributed by atoms with Crippen LogP contribution in [0.4, 0.5) is 0 Å². The molecule has 0 spiro atoms. The number of halogens is 1. The molecule has 0 aliphatic carbocycles. The van der Waals surface area contributed by atoms with Gasteiger partial charge in [0.2, 0.25) is 0 Å².